The number of carbonyl (C=O) groups is 1. The van der Waals surface area contributed by atoms with E-state index >= 15 is 0 Å². The Bertz CT molecular complexity index is 817. The number of hydrogen-bond donors (Lipinski definition) is 1. The predicted octanol–water partition coefficient (Wildman–Crippen LogP) is 2.89. The Morgan fingerprint density at radius 1 is 1.21 bits per heavy atom. The Morgan fingerprint density at radius 2 is 2.04 bits per heavy atom. The summed E-state index contributed by atoms with van der Waals surface area (Å²) >= 11 is 0. The van der Waals surface area contributed by atoms with Crippen molar-refractivity contribution in [3.63, 3.8) is 0 Å². The van der Waals surface area contributed by atoms with E-state index in [1.807, 2.05) is 13.1 Å². The highest BCUT2D eigenvalue weighted by Gasteiger charge is 2.33. The van der Waals surface area contributed by atoms with Crippen LogP contribution < -0.4 is 5.32 Å². The third-order valence-electron chi connectivity index (χ3n) is 6.43. The number of benzene rings is 1. The summed E-state index contributed by atoms with van der Waals surface area (Å²) in [5, 5.41) is 3.61. The number of nitrogens with one attached hydrogen (secondary N) is 1. The van der Waals surface area contributed by atoms with Gasteiger partial charge in [-0.25, -0.2) is 4.98 Å². The summed E-state index contributed by atoms with van der Waals surface area (Å²) in [6, 6.07) is 9.46. The quantitative estimate of drug-likeness (QED) is 0.888. The lowest BCUT2D eigenvalue weighted by atomic mass is 10.1. The van der Waals surface area contributed by atoms with Gasteiger partial charge in [0.25, 0.3) is 0 Å². The number of amides is 1. The van der Waals surface area contributed by atoms with Crippen LogP contribution >= 0.6 is 0 Å². The molecular weight excluding hydrogens is 350 g/mol. The number of carbonyl (C=O) groups excluding carboxylic acids is 1. The van der Waals surface area contributed by atoms with E-state index in [2.05, 4.69) is 56.0 Å². The Hall–Kier alpha value is -2.34. The molecule has 0 saturated carbocycles. The second-order valence-corrected chi connectivity index (χ2v) is 8.12. The number of anilines is 1. The van der Waals surface area contributed by atoms with E-state index in [1.165, 1.54) is 18.4 Å². The molecule has 6 nitrogen and oxygen atoms in total. The van der Waals surface area contributed by atoms with Gasteiger partial charge in [-0.1, -0.05) is 18.2 Å². The Kier molecular flexibility index (Phi) is 5.67. The number of para-hydroxylation sites is 1. The third-order valence-corrected chi connectivity index (χ3v) is 6.43. The maximum atomic E-state index is 13.2. The summed E-state index contributed by atoms with van der Waals surface area (Å²) in [6.45, 7) is 5.12. The molecule has 1 N–H and O–H groups in total. The number of nitrogens with zero attached hydrogens (tertiary/aromatic N) is 4. The highest BCUT2D eigenvalue weighted by molar-refractivity contribution is 5.76. The average molecular weight is 382 g/mol. The van der Waals surface area contributed by atoms with Crippen molar-refractivity contribution in [3.05, 3.63) is 48.0 Å². The van der Waals surface area contributed by atoms with Crippen LogP contribution in [-0.4, -0.2) is 57.5 Å². The smallest absolute Gasteiger partial charge is 0.224 e. The fourth-order valence-electron chi connectivity index (χ4n) is 4.59. The summed E-state index contributed by atoms with van der Waals surface area (Å²) in [5.41, 5.74) is 2.36. The Morgan fingerprint density at radius 3 is 2.86 bits per heavy atom. The van der Waals surface area contributed by atoms with Gasteiger partial charge in [-0.05, 0) is 44.9 Å². The SMILES string of the molecule is Cc1nccn1CCC(=O)N1Cc2ccccc2NCC[C@@H]2CC[C@H](C1)N2C. The van der Waals surface area contributed by atoms with E-state index in [0.29, 0.717) is 31.6 Å². The maximum absolute atomic E-state index is 13.2. The van der Waals surface area contributed by atoms with Gasteiger partial charge in [0.2, 0.25) is 5.91 Å². The molecule has 2 aliphatic heterocycles. The molecular formula is C22H31N5O. The van der Waals surface area contributed by atoms with Crippen LogP contribution in [0.2, 0.25) is 0 Å². The summed E-state index contributed by atoms with van der Waals surface area (Å²) in [6.07, 6.45) is 7.79. The van der Waals surface area contributed by atoms with Crippen molar-refractivity contribution in [3.8, 4) is 0 Å². The molecule has 0 unspecified atom stereocenters. The van der Waals surface area contributed by atoms with Crippen molar-refractivity contribution in [2.75, 3.05) is 25.5 Å². The average Bonchev–Trinajstić information content (AvgIpc) is 3.25. The monoisotopic (exact) mass is 381 g/mol. The number of rotatable bonds is 3. The molecule has 2 aliphatic rings. The third kappa shape index (κ3) is 4.07. The van der Waals surface area contributed by atoms with E-state index in [0.717, 1.165) is 31.0 Å². The molecule has 1 aromatic carbocycles. The van der Waals surface area contributed by atoms with E-state index < -0.39 is 0 Å². The van der Waals surface area contributed by atoms with Gasteiger partial charge in [0.1, 0.15) is 5.82 Å². The second-order valence-electron chi connectivity index (χ2n) is 8.12. The summed E-state index contributed by atoms with van der Waals surface area (Å²) < 4.78 is 2.05. The Balaban J connectivity index is 1.54. The highest BCUT2D eigenvalue weighted by Crippen LogP contribution is 2.28. The molecule has 1 aromatic heterocycles. The first-order chi connectivity index (χ1) is 13.6. The molecule has 2 atom stereocenters. The molecule has 1 saturated heterocycles. The number of imidazole rings is 1. The first-order valence-electron chi connectivity index (χ1n) is 10.4. The van der Waals surface area contributed by atoms with Crippen LogP contribution in [0.3, 0.4) is 0 Å². The number of hydrogen-bond acceptors (Lipinski definition) is 4. The number of aryl methyl sites for hydroxylation is 2. The van der Waals surface area contributed by atoms with Crippen molar-refractivity contribution in [2.45, 2.75) is 57.8 Å². The first kappa shape index (κ1) is 19.0. The fraction of sp³-hybridized carbons (Fsp3) is 0.545. The topological polar surface area (TPSA) is 53.4 Å². The van der Waals surface area contributed by atoms with Gasteiger partial charge >= 0.3 is 0 Å². The normalized spacial score (nSPS) is 23.0. The van der Waals surface area contributed by atoms with Crippen molar-refractivity contribution in [1.29, 1.82) is 0 Å². The standard InChI is InChI=1S/C22H31N5O/c1-17-23-12-14-26(17)13-10-22(28)27-15-18-5-3-4-6-21(18)24-11-9-19-7-8-20(16-27)25(19)2/h3-6,12,14,19-20,24H,7-11,13,15-16H2,1-2H3/t19-,20+/m0/s1. The lowest BCUT2D eigenvalue weighted by Gasteiger charge is -2.31. The molecule has 3 heterocycles. The highest BCUT2D eigenvalue weighted by atomic mass is 16.2. The van der Waals surface area contributed by atoms with E-state index in [9.17, 15) is 4.79 Å². The molecule has 2 bridgehead atoms. The van der Waals surface area contributed by atoms with Crippen LogP contribution in [0.15, 0.2) is 36.7 Å². The molecule has 4 rings (SSSR count). The molecule has 1 fully saturated rings. The number of aromatic nitrogens is 2. The lowest BCUT2D eigenvalue weighted by Crippen LogP contribution is -2.43. The molecule has 0 radical (unpaired) electrons. The zero-order valence-corrected chi connectivity index (χ0v) is 17.0. The van der Waals surface area contributed by atoms with Crippen molar-refractivity contribution in [1.82, 2.24) is 19.4 Å². The van der Waals surface area contributed by atoms with Gasteiger partial charge in [0.15, 0.2) is 0 Å². The number of likely N-dealkylation sites (N-methyl/N-ethyl adjacent to an activating group) is 1. The summed E-state index contributed by atoms with van der Waals surface area (Å²) in [7, 11) is 2.23. The second kappa shape index (κ2) is 8.35. The van der Waals surface area contributed by atoms with Crippen LogP contribution in [-0.2, 0) is 17.9 Å². The minimum Gasteiger partial charge on any atom is -0.385 e. The maximum Gasteiger partial charge on any atom is 0.224 e. The van der Waals surface area contributed by atoms with Gasteiger partial charge in [0.05, 0.1) is 0 Å². The van der Waals surface area contributed by atoms with E-state index in [1.54, 1.807) is 6.20 Å². The van der Waals surface area contributed by atoms with Crippen molar-refractivity contribution >= 4 is 11.6 Å². The van der Waals surface area contributed by atoms with Gasteiger partial charge < -0.3 is 14.8 Å². The first-order valence-corrected chi connectivity index (χ1v) is 10.4. The molecule has 6 heteroatoms. The van der Waals surface area contributed by atoms with E-state index in [4.69, 9.17) is 0 Å². The van der Waals surface area contributed by atoms with Crippen molar-refractivity contribution in [2.24, 2.45) is 0 Å². The van der Waals surface area contributed by atoms with Crippen LogP contribution in [0.1, 0.15) is 37.1 Å². The predicted molar refractivity (Wildman–Crippen MR) is 111 cm³/mol. The van der Waals surface area contributed by atoms with Crippen LogP contribution in [0.25, 0.3) is 0 Å². The van der Waals surface area contributed by atoms with E-state index in [-0.39, 0.29) is 5.91 Å². The molecule has 0 spiro atoms. The van der Waals surface area contributed by atoms with Gasteiger partial charge in [0, 0.05) is 62.8 Å². The fourth-order valence-corrected chi connectivity index (χ4v) is 4.59. The van der Waals surface area contributed by atoms with Gasteiger partial charge in [-0.15, -0.1) is 0 Å². The van der Waals surface area contributed by atoms with Crippen LogP contribution in [0.5, 0.6) is 0 Å². The summed E-state index contributed by atoms with van der Waals surface area (Å²) in [4.78, 5) is 22.0. The molecule has 2 aromatic rings. The van der Waals surface area contributed by atoms with Gasteiger partial charge in [-0.2, -0.15) is 0 Å². The Labute approximate surface area is 167 Å². The molecule has 150 valence electrons. The zero-order valence-electron chi connectivity index (χ0n) is 17.0. The minimum absolute atomic E-state index is 0.221. The lowest BCUT2D eigenvalue weighted by molar-refractivity contribution is -0.132. The van der Waals surface area contributed by atoms with Gasteiger partial charge in [-0.3, -0.25) is 9.69 Å². The van der Waals surface area contributed by atoms with Crippen LogP contribution in [0, 0.1) is 6.92 Å². The number of fused-ring (bicyclic) bond motifs is 3. The largest absolute Gasteiger partial charge is 0.385 e. The molecule has 0 aliphatic carbocycles. The zero-order chi connectivity index (χ0) is 19.5. The van der Waals surface area contributed by atoms with Crippen LogP contribution in [0.4, 0.5) is 5.69 Å². The molecule has 1 amide bonds. The minimum atomic E-state index is 0.221. The van der Waals surface area contributed by atoms with Crippen molar-refractivity contribution < 1.29 is 4.79 Å². The molecule has 28 heavy (non-hydrogen) atoms. The summed E-state index contributed by atoms with van der Waals surface area (Å²) in [5.74, 6) is 1.18.